The van der Waals surface area contributed by atoms with Gasteiger partial charge in [0, 0.05) is 48.5 Å². The van der Waals surface area contributed by atoms with Crippen LogP contribution < -0.4 is 4.74 Å². The minimum Gasteiger partial charge on any atom is -0.491 e. The Morgan fingerprint density at radius 3 is 1.18 bits per heavy atom. The van der Waals surface area contributed by atoms with Crippen molar-refractivity contribution in [3.05, 3.63) is 137 Å². The van der Waals surface area contributed by atoms with Gasteiger partial charge in [-0.3, -0.25) is 4.90 Å². The van der Waals surface area contributed by atoms with E-state index in [0.29, 0.717) is 19.6 Å². The minimum atomic E-state index is -4.64. The van der Waals surface area contributed by atoms with Gasteiger partial charge in [-0.2, -0.15) is 0 Å². The molecular formula is C38H52NO9P. The molecule has 49 heavy (non-hydrogen) atoms. The molecule has 3 atom stereocenters. The van der Waals surface area contributed by atoms with Gasteiger partial charge >= 0.3 is 7.82 Å². The SMILES string of the molecule is CC(c1ccccc1)c1cc(C(C)c2ccccc2)c(OCCO)c(C(C)c2ccccc2)c1.O=P(O)(O)O.OCCN(CCO)CCO. The summed E-state index contributed by atoms with van der Waals surface area (Å²) in [7, 11) is -4.64. The Morgan fingerprint density at radius 1 is 0.551 bits per heavy atom. The standard InChI is InChI=1S/C32H34O2.C6H15NO3.H3O4P/c1-23(26-13-7-4-8-14-26)29-21-30(24(2)27-15-9-5-10-16-27)32(34-20-19-33)31(22-29)25(3)28-17-11-6-12-18-28;8-4-1-7(2-5-9)3-6-10;1-5(2,3)4/h4-18,21-25,33H,19-20H2,1-3H3;8-10H,1-6H2;(H3,1,2,3,4). The first-order chi connectivity index (χ1) is 23.4. The second kappa shape index (κ2) is 22.3. The molecule has 0 aromatic heterocycles. The molecule has 10 nitrogen and oxygen atoms in total. The van der Waals surface area contributed by atoms with Gasteiger partial charge in [0.05, 0.1) is 26.4 Å². The number of aliphatic hydroxyl groups excluding tert-OH is 4. The lowest BCUT2D eigenvalue weighted by Crippen LogP contribution is -2.32. The normalized spacial score (nSPS) is 13.0. The van der Waals surface area contributed by atoms with Gasteiger partial charge in [0.2, 0.25) is 0 Å². The Morgan fingerprint density at radius 2 is 0.878 bits per heavy atom. The first-order valence-corrected chi connectivity index (χ1v) is 17.9. The molecule has 0 bridgehead atoms. The van der Waals surface area contributed by atoms with E-state index in [0.717, 1.165) is 16.9 Å². The van der Waals surface area contributed by atoms with Crippen molar-refractivity contribution in [3.63, 3.8) is 0 Å². The smallest absolute Gasteiger partial charge is 0.466 e. The Labute approximate surface area is 290 Å². The van der Waals surface area contributed by atoms with Crippen molar-refractivity contribution in [2.75, 3.05) is 52.7 Å². The van der Waals surface area contributed by atoms with E-state index >= 15 is 0 Å². The average molecular weight is 698 g/mol. The maximum absolute atomic E-state index is 9.59. The highest BCUT2D eigenvalue weighted by atomic mass is 31.2. The number of rotatable bonds is 15. The topological polar surface area (TPSA) is 171 Å². The number of ether oxygens (including phenoxy) is 1. The molecule has 0 saturated heterocycles. The van der Waals surface area contributed by atoms with Crippen LogP contribution in [-0.4, -0.2) is 92.7 Å². The molecule has 0 fully saturated rings. The van der Waals surface area contributed by atoms with E-state index in [-0.39, 0.29) is 50.8 Å². The minimum absolute atomic E-state index is 0.0134. The second-order valence-corrected chi connectivity index (χ2v) is 12.5. The largest absolute Gasteiger partial charge is 0.491 e. The summed E-state index contributed by atoms with van der Waals surface area (Å²) < 4.78 is 15.2. The molecule has 0 aliphatic carbocycles. The number of hydrogen-bond donors (Lipinski definition) is 7. The van der Waals surface area contributed by atoms with Gasteiger partial charge in [-0.15, -0.1) is 0 Å². The predicted molar refractivity (Wildman–Crippen MR) is 193 cm³/mol. The van der Waals surface area contributed by atoms with Crippen LogP contribution >= 0.6 is 7.82 Å². The lowest BCUT2D eigenvalue weighted by molar-refractivity contribution is 0.136. The zero-order valence-corrected chi connectivity index (χ0v) is 29.4. The molecule has 0 radical (unpaired) electrons. The van der Waals surface area contributed by atoms with Gasteiger partial charge in [-0.05, 0) is 22.3 Å². The molecular weight excluding hydrogens is 645 g/mol. The molecule has 0 spiro atoms. The Bertz CT molecular complexity index is 1410. The Kier molecular flexibility index (Phi) is 19.0. The van der Waals surface area contributed by atoms with Gasteiger partial charge in [0.15, 0.2) is 0 Å². The number of benzene rings is 4. The van der Waals surface area contributed by atoms with E-state index < -0.39 is 7.82 Å². The molecule has 4 aromatic rings. The van der Waals surface area contributed by atoms with Crippen LogP contribution in [0.5, 0.6) is 5.75 Å². The lowest BCUT2D eigenvalue weighted by Gasteiger charge is -2.26. The highest BCUT2D eigenvalue weighted by molar-refractivity contribution is 7.45. The quantitative estimate of drug-likeness (QED) is 0.0853. The molecule has 3 unspecified atom stereocenters. The predicted octanol–water partition coefficient (Wildman–Crippen LogP) is 4.85. The van der Waals surface area contributed by atoms with Crippen molar-refractivity contribution >= 4 is 7.82 Å². The number of aliphatic hydroxyl groups is 4. The average Bonchev–Trinajstić information content (AvgIpc) is 3.10. The van der Waals surface area contributed by atoms with Gasteiger partial charge in [-0.1, -0.05) is 124 Å². The van der Waals surface area contributed by atoms with Crippen LogP contribution in [0.2, 0.25) is 0 Å². The maximum atomic E-state index is 9.59. The third-order valence-electron chi connectivity index (χ3n) is 8.09. The molecule has 11 heteroatoms. The zero-order chi connectivity index (χ0) is 36.2. The number of phosphoric acid groups is 1. The van der Waals surface area contributed by atoms with Crippen LogP contribution in [0.1, 0.15) is 71.9 Å². The highest BCUT2D eigenvalue weighted by Crippen LogP contribution is 2.42. The van der Waals surface area contributed by atoms with Crippen molar-refractivity contribution in [2.24, 2.45) is 0 Å². The van der Waals surface area contributed by atoms with Crippen LogP contribution in [0.3, 0.4) is 0 Å². The van der Waals surface area contributed by atoms with E-state index in [1.165, 1.54) is 22.3 Å². The summed E-state index contributed by atoms with van der Waals surface area (Å²) in [6.07, 6.45) is 0. The fraction of sp³-hybridized carbons (Fsp3) is 0.368. The monoisotopic (exact) mass is 697 g/mol. The molecule has 0 aliphatic rings. The van der Waals surface area contributed by atoms with E-state index in [4.69, 9.17) is 39.3 Å². The summed E-state index contributed by atoms with van der Waals surface area (Å²) >= 11 is 0. The third-order valence-corrected chi connectivity index (χ3v) is 8.09. The molecule has 0 heterocycles. The van der Waals surface area contributed by atoms with Crippen molar-refractivity contribution in [1.29, 1.82) is 0 Å². The van der Waals surface area contributed by atoms with Crippen LogP contribution in [0.4, 0.5) is 0 Å². The van der Waals surface area contributed by atoms with E-state index in [1.54, 1.807) is 4.90 Å². The number of nitrogens with zero attached hydrogens (tertiary/aromatic N) is 1. The van der Waals surface area contributed by atoms with Crippen LogP contribution in [0, 0.1) is 0 Å². The fourth-order valence-corrected chi connectivity index (χ4v) is 5.44. The van der Waals surface area contributed by atoms with Gasteiger partial charge in [0.25, 0.3) is 0 Å². The summed E-state index contributed by atoms with van der Waals surface area (Å²) in [6.45, 7) is 8.77. The van der Waals surface area contributed by atoms with Crippen molar-refractivity contribution in [1.82, 2.24) is 4.90 Å². The van der Waals surface area contributed by atoms with Gasteiger partial charge < -0.3 is 39.8 Å². The molecule has 0 aliphatic heterocycles. The number of hydrogen-bond acceptors (Lipinski definition) is 7. The van der Waals surface area contributed by atoms with Crippen molar-refractivity contribution in [2.45, 2.75) is 38.5 Å². The Hall–Kier alpha value is -3.41. The summed E-state index contributed by atoms with van der Waals surface area (Å²) in [5.74, 6) is 1.45. The lowest BCUT2D eigenvalue weighted by atomic mass is 9.81. The zero-order valence-electron chi connectivity index (χ0n) is 28.5. The van der Waals surface area contributed by atoms with E-state index in [2.05, 4.69) is 124 Å². The Balaban J connectivity index is 0.000000465. The van der Waals surface area contributed by atoms with Crippen LogP contribution in [-0.2, 0) is 4.57 Å². The maximum Gasteiger partial charge on any atom is 0.466 e. The third kappa shape index (κ3) is 14.9. The summed E-state index contributed by atoms with van der Waals surface area (Å²) in [6, 6.07) is 36.4. The van der Waals surface area contributed by atoms with Crippen LogP contribution in [0.15, 0.2) is 103 Å². The van der Waals surface area contributed by atoms with Crippen molar-refractivity contribution in [3.8, 4) is 5.75 Å². The summed E-state index contributed by atoms with van der Waals surface area (Å²) in [4.78, 5) is 23.4. The molecule has 4 rings (SSSR count). The molecule has 0 saturated carbocycles. The van der Waals surface area contributed by atoms with Crippen LogP contribution in [0.25, 0.3) is 0 Å². The molecule has 4 aromatic carbocycles. The summed E-state index contributed by atoms with van der Waals surface area (Å²) in [5, 5.41) is 35.0. The van der Waals surface area contributed by atoms with E-state index in [1.807, 2.05) is 0 Å². The fourth-order valence-electron chi connectivity index (χ4n) is 5.44. The molecule has 268 valence electrons. The summed E-state index contributed by atoms with van der Waals surface area (Å²) in [5.41, 5.74) is 7.40. The second-order valence-electron chi connectivity index (χ2n) is 11.5. The van der Waals surface area contributed by atoms with Gasteiger partial charge in [0.1, 0.15) is 12.4 Å². The first kappa shape index (κ1) is 41.8. The van der Waals surface area contributed by atoms with Crippen molar-refractivity contribution < 1.29 is 44.4 Å². The van der Waals surface area contributed by atoms with Gasteiger partial charge in [-0.25, -0.2) is 4.57 Å². The molecule has 7 N–H and O–H groups in total. The molecule has 0 amide bonds. The highest BCUT2D eigenvalue weighted by Gasteiger charge is 2.24. The van der Waals surface area contributed by atoms with E-state index in [9.17, 15) is 5.11 Å². The first-order valence-electron chi connectivity index (χ1n) is 16.3.